The third kappa shape index (κ3) is 1.72. The zero-order valence-corrected chi connectivity index (χ0v) is 6.12. The lowest BCUT2D eigenvalue weighted by Gasteiger charge is -1.96. The lowest BCUT2D eigenvalue weighted by molar-refractivity contribution is 0.551. The Labute approximate surface area is 52.8 Å². The monoisotopic (exact) mass is 118 g/mol. The molecule has 0 aliphatic heterocycles. The SMILES string of the molecule is CCC1(C)CC1.S. The summed E-state index contributed by atoms with van der Waals surface area (Å²) in [6.45, 7) is 4.62. The van der Waals surface area contributed by atoms with E-state index < -0.39 is 0 Å². The van der Waals surface area contributed by atoms with Crippen molar-refractivity contribution in [3.05, 3.63) is 0 Å². The van der Waals surface area contributed by atoms with E-state index in [2.05, 4.69) is 13.8 Å². The molecule has 1 rings (SSSR count). The fourth-order valence-corrected chi connectivity index (χ4v) is 0.567. The van der Waals surface area contributed by atoms with Crippen molar-refractivity contribution in [3.63, 3.8) is 0 Å². The molecule has 1 heteroatoms. The maximum atomic E-state index is 2.35. The molecule has 0 nitrogen and oxygen atoms in total. The molecular weight excluding hydrogens is 104 g/mol. The normalized spacial score (nSPS) is 23.1. The highest BCUT2D eigenvalue weighted by Gasteiger charge is 2.34. The lowest BCUT2D eigenvalue weighted by Crippen LogP contribution is -1.84. The van der Waals surface area contributed by atoms with E-state index in [4.69, 9.17) is 0 Å². The minimum Gasteiger partial charge on any atom is -0.197 e. The third-order valence-electron chi connectivity index (χ3n) is 1.96. The Balaban J connectivity index is 0.000000360. The Morgan fingerprint density at radius 3 is 1.86 bits per heavy atom. The van der Waals surface area contributed by atoms with Gasteiger partial charge in [0, 0.05) is 0 Å². The molecule has 0 N–H and O–H groups in total. The van der Waals surface area contributed by atoms with Crippen molar-refractivity contribution in [3.8, 4) is 0 Å². The first kappa shape index (κ1) is 7.35. The lowest BCUT2D eigenvalue weighted by atomic mass is 10.1. The van der Waals surface area contributed by atoms with Crippen molar-refractivity contribution >= 4 is 13.5 Å². The molecule has 0 aromatic carbocycles. The molecule has 0 saturated heterocycles. The van der Waals surface area contributed by atoms with E-state index >= 15 is 0 Å². The standard InChI is InChI=1S/C6H12.H2S/c1-3-6(2)4-5-6;/h3-5H2,1-2H3;1H2. The van der Waals surface area contributed by atoms with Crippen LogP contribution in [0.5, 0.6) is 0 Å². The molecule has 0 atom stereocenters. The maximum absolute atomic E-state index is 2.35. The second-order valence-electron chi connectivity index (χ2n) is 2.66. The van der Waals surface area contributed by atoms with Gasteiger partial charge in [0.15, 0.2) is 0 Å². The number of rotatable bonds is 1. The van der Waals surface area contributed by atoms with E-state index in [0.29, 0.717) is 0 Å². The maximum Gasteiger partial charge on any atom is -0.0328 e. The Morgan fingerprint density at radius 1 is 1.43 bits per heavy atom. The average Bonchev–Trinajstić information content (AvgIpc) is 2.22. The van der Waals surface area contributed by atoms with E-state index in [1.807, 2.05) is 0 Å². The quantitative estimate of drug-likeness (QED) is 0.495. The van der Waals surface area contributed by atoms with Gasteiger partial charge in [-0.05, 0) is 18.3 Å². The minimum absolute atomic E-state index is 0. The molecule has 44 valence electrons. The summed E-state index contributed by atoms with van der Waals surface area (Å²) < 4.78 is 0. The summed E-state index contributed by atoms with van der Waals surface area (Å²) in [5.41, 5.74) is 0.792. The zero-order chi connectivity index (χ0) is 4.62. The van der Waals surface area contributed by atoms with Gasteiger partial charge in [0.05, 0.1) is 0 Å². The van der Waals surface area contributed by atoms with Crippen LogP contribution >= 0.6 is 13.5 Å². The smallest absolute Gasteiger partial charge is 0.0328 e. The van der Waals surface area contributed by atoms with E-state index in [0.717, 1.165) is 5.41 Å². The van der Waals surface area contributed by atoms with Crippen LogP contribution in [0.1, 0.15) is 33.1 Å². The van der Waals surface area contributed by atoms with Crippen LogP contribution < -0.4 is 0 Å². The molecule has 0 spiro atoms. The summed E-state index contributed by atoms with van der Waals surface area (Å²) >= 11 is 0. The first-order valence-electron chi connectivity index (χ1n) is 2.77. The van der Waals surface area contributed by atoms with Crippen molar-refractivity contribution in [1.29, 1.82) is 0 Å². The van der Waals surface area contributed by atoms with Crippen LogP contribution in [0.25, 0.3) is 0 Å². The van der Waals surface area contributed by atoms with Crippen LogP contribution in [0, 0.1) is 5.41 Å². The largest absolute Gasteiger partial charge is 0.197 e. The van der Waals surface area contributed by atoms with Crippen LogP contribution in [0.15, 0.2) is 0 Å². The van der Waals surface area contributed by atoms with Crippen LogP contribution in [0.3, 0.4) is 0 Å². The average molecular weight is 118 g/mol. The van der Waals surface area contributed by atoms with Crippen LogP contribution in [-0.4, -0.2) is 0 Å². The molecule has 0 radical (unpaired) electrons. The molecule has 0 aromatic heterocycles. The highest BCUT2D eigenvalue weighted by molar-refractivity contribution is 7.59. The predicted molar refractivity (Wildman–Crippen MR) is 38.0 cm³/mol. The van der Waals surface area contributed by atoms with Gasteiger partial charge in [-0.15, -0.1) is 0 Å². The number of hydrogen-bond acceptors (Lipinski definition) is 0. The fraction of sp³-hybridized carbons (Fsp3) is 1.00. The second-order valence-corrected chi connectivity index (χ2v) is 2.66. The molecule has 0 heterocycles. The topological polar surface area (TPSA) is 0 Å². The van der Waals surface area contributed by atoms with Gasteiger partial charge < -0.3 is 0 Å². The minimum atomic E-state index is 0. The van der Waals surface area contributed by atoms with Gasteiger partial charge in [0.1, 0.15) is 0 Å². The molecule has 0 unspecified atom stereocenters. The first-order chi connectivity index (χ1) is 2.77. The zero-order valence-electron chi connectivity index (χ0n) is 5.12. The summed E-state index contributed by atoms with van der Waals surface area (Å²) in [6, 6.07) is 0. The van der Waals surface area contributed by atoms with E-state index in [-0.39, 0.29) is 13.5 Å². The fourth-order valence-electron chi connectivity index (χ4n) is 0.567. The van der Waals surface area contributed by atoms with Gasteiger partial charge in [-0.2, -0.15) is 13.5 Å². The Morgan fingerprint density at radius 2 is 1.86 bits per heavy atom. The summed E-state index contributed by atoms with van der Waals surface area (Å²) in [5.74, 6) is 0. The van der Waals surface area contributed by atoms with Crippen LogP contribution in [-0.2, 0) is 0 Å². The first-order valence-corrected chi connectivity index (χ1v) is 2.77. The van der Waals surface area contributed by atoms with E-state index in [9.17, 15) is 0 Å². The second kappa shape index (κ2) is 2.08. The Kier molecular flexibility index (Phi) is 2.18. The van der Waals surface area contributed by atoms with Gasteiger partial charge in [-0.3, -0.25) is 0 Å². The summed E-state index contributed by atoms with van der Waals surface area (Å²) in [5, 5.41) is 0. The highest BCUT2D eigenvalue weighted by atomic mass is 32.1. The Bertz CT molecular complexity index is 55.2. The molecule has 1 aliphatic rings. The van der Waals surface area contributed by atoms with Crippen molar-refractivity contribution in [2.45, 2.75) is 33.1 Å². The van der Waals surface area contributed by atoms with Gasteiger partial charge in [0.2, 0.25) is 0 Å². The molecule has 1 saturated carbocycles. The van der Waals surface area contributed by atoms with E-state index in [1.54, 1.807) is 0 Å². The van der Waals surface area contributed by atoms with Gasteiger partial charge in [-0.1, -0.05) is 20.3 Å². The van der Waals surface area contributed by atoms with Gasteiger partial charge in [0.25, 0.3) is 0 Å². The predicted octanol–water partition coefficient (Wildman–Crippen LogP) is 2.31. The highest BCUT2D eigenvalue weighted by Crippen LogP contribution is 2.47. The van der Waals surface area contributed by atoms with Crippen LogP contribution in [0.4, 0.5) is 0 Å². The van der Waals surface area contributed by atoms with Gasteiger partial charge >= 0.3 is 0 Å². The van der Waals surface area contributed by atoms with Crippen LogP contribution in [0.2, 0.25) is 0 Å². The van der Waals surface area contributed by atoms with E-state index in [1.165, 1.54) is 19.3 Å². The molecular formula is C6H14S. The molecule has 1 fully saturated rings. The van der Waals surface area contributed by atoms with Crippen molar-refractivity contribution in [2.24, 2.45) is 5.41 Å². The summed E-state index contributed by atoms with van der Waals surface area (Å²) in [7, 11) is 0. The third-order valence-corrected chi connectivity index (χ3v) is 1.96. The molecule has 7 heavy (non-hydrogen) atoms. The summed E-state index contributed by atoms with van der Waals surface area (Å²) in [6.07, 6.45) is 4.33. The van der Waals surface area contributed by atoms with Gasteiger partial charge in [-0.25, -0.2) is 0 Å². The van der Waals surface area contributed by atoms with Crippen molar-refractivity contribution in [1.82, 2.24) is 0 Å². The molecule has 0 bridgehead atoms. The number of hydrogen-bond donors (Lipinski definition) is 0. The van der Waals surface area contributed by atoms with Crippen molar-refractivity contribution < 1.29 is 0 Å². The molecule has 1 aliphatic carbocycles. The Hall–Kier alpha value is 0.350. The molecule has 0 amide bonds. The summed E-state index contributed by atoms with van der Waals surface area (Å²) in [4.78, 5) is 0. The molecule has 0 aromatic rings. The van der Waals surface area contributed by atoms with Crippen molar-refractivity contribution in [2.75, 3.05) is 0 Å².